The Balaban J connectivity index is 1.46. The van der Waals surface area contributed by atoms with Gasteiger partial charge in [0.15, 0.2) is 0 Å². The highest BCUT2D eigenvalue weighted by molar-refractivity contribution is 7.88. The summed E-state index contributed by atoms with van der Waals surface area (Å²) in [5.41, 5.74) is 3.65. The number of benzene rings is 1. The van der Waals surface area contributed by atoms with Gasteiger partial charge < -0.3 is 9.64 Å². The summed E-state index contributed by atoms with van der Waals surface area (Å²) in [5.74, 6) is 0.888. The van der Waals surface area contributed by atoms with Crippen LogP contribution in [0.1, 0.15) is 30.4 Å². The Labute approximate surface area is 151 Å². The zero-order chi connectivity index (χ0) is 17.9. The summed E-state index contributed by atoms with van der Waals surface area (Å²) in [6.45, 7) is 9.09. The van der Waals surface area contributed by atoms with Gasteiger partial charge in [0.05, 0.1) is 12.9 Å². The van der Waals surface area contributed by atoms with Crippen LogP contribution in [0.15, 0.2) is 30.4 Å². The third kappa shape index (κ3) is 5.06. The summed E-state index contributed by atoms with van der Waals surface area (Å²) in [5, 5.41) is 0. The number of ether oxygens (including phenoxy) is 1. The maximum absolute atomic E-state index is 11.7. The third-order valence-electron chi connectivity index (χ3n) is 5.07. The van der Waals surface area contributed by atoms with E-state index in [9.17, 15) is 8.42 Å². The van der Waals surface area contributed by atoms with Gasteiger partial charge >= 0.3 is 0 Å². The van der Waals surface area contributed by atoms with Crippen LogP contribution in [0.5, 0.6) is 5.75 Å². The predicted molar refractivity (Wildman–Crippen MR) is 100 cm³/mol. The summed E-state index contributed by atoms with van der Waals surface area (Å²) in [6.07, 6.45) is 5.28. The van der Waals surface area contributed by atoms with Crippen molar-refractivity contribution in [1.82, 2.24) is 9.21 Å². The van der Waals surface area contributed by atoms with Gasteiger partial charge in [-0.25, -0.2) is 8.42 Å². The predicted octanol–water partition coefficient (Wildman–Crippen LogP) is 2.43. The fourth-order valence-electron chi connectivity index (χ4n) is 3.45. The fourth-order valence-corrected chi connectivity index (χ4v) is 4.24. The van der Waals surface area contributed by atoms with Gasteiger partial charge in [-0.3, -0.25) is 0 Å². The van der Waals surface area contributed by atoms with Crippen LogP contribution in [-0.4, -0.2) is 56.7 Å². The Hall–Kier alpha value is -1.37. The molecular formula is C19H28N2O3S. The van der Waals surface area contributed by atoms with Crippen molar-refractivity contribution < 1.29 is 13.2 Å². The topological polar surface area (TPSA) is 49.9 Å². The minimum atomic E-state index is -3.12. The fraction of sp³-hybridized carbons (Fsp3) is 0.579. The lowest BCUT2D eigenvalue weighted by Crippen LogP contribution is -2.35. The van der Waals surface area contributed by atoms with Crippen LogP contribution in [0.2, 0.25) is 0 Å². The largest absolute Gasteiger partial charge is 0.494 e. The van der Waals surface area contributed by atoms with Gasteiger partial charge in [0.25, 0.3) is 0 Å². The van der Waals surface area contributed by atoms with Crippen molar-refractivity contribution in [2.24, 2.45) is 0 Å². The summed E-state index contributed by atoms with van der Waals surface area (Å²) >= 11 is 0. The molecule has 0 radical (unpaired) electrons. The third-order valence-corrected chi connectivity index (χ3v) is 6.32. The van der Waals surface area contributed by atoms with E-state index in [1.54, 1.807) is 0 Å². The van der Waals surface area contributed by atoms with Crippen molar-refractivity contribution in [2.45, 2.75) is 32.2 Å². The minimum absolute atomic E-state index is 0.467. The lowest BCUT2D eigenvalue weighted by molar-refractivity contribution is 0.223. The van der Waals surface area contributed by atoms with Gasteiger partial charge in [-0.2, -0.15) is 4.31 Å². The number of rotatable bonds is 6. The SMILES string of the molecule is C=C1CCN(CCCOc2ccc3c(c2)CCN(S(C)(=O)=O)C3)CC1. The Morgan fingerprint density at radius 1 is 1.12 bits per heavy atom. The number of likely N-dealkylation sites (tertiary alicyclic amines) is 1. The first-order valence-electron chi connectivity index (χ1n) is 9.00. The van der Waals surface area contributed by atoms with E-state index in [0.29, 0.717) is 19.7 Å². The molecule has 2 aliphatic heterocycles. The van der Waals surface area contributed by atoms with Gasteiger partial charge in [-0.15, -0.1) is 0 Å². The number of nitrogens with zero attached hydrogens (tertiary/aromatic N) is 2. The summed E-state index contributed by atoms with van der Waals surface area (Å²) in [4.78, 5) is 2.48. The second-order valence-electron chi connectivity index (χ2n) is 7.07. The lowest BCUT2D eigenvalue weighted by atomic mass is 10.0. The molecule has 1 aromatic rings. The molecule has 1 fully saturated rings. The zero-order valence-corrected chi connectivity index (χ0v) is 15.9. The molecule has 1 saturated heterocycles. The number of piperidine rings is 1. The molecule has 138 valence electrons. The van der Waals surface area contributed by atoms with Crippen LogP contribution >= 0.6 is 0 Å². The zero-order valence-electron chi connectivity index (χ0n) is 15.0. The molecule has 0 unspecified atom stereocenters. The van der Waals surface area contributed by atoms with Crippen LogP contribution in [0.25, 0.3) is 0 Å². The normalized spacial score (nSPS) is 19.6. The van der Waals surface area contributed by atoms with Crippen molar-refractivity contribution in [1.29, 1.82) is 0 Å². The molecule has 2 heterocycles. The number of sulfonamides is 1. The Kier molecular flexibility index (Phi) is 5.81. The standard InChI is InChI=1S/C19H28N2O3S/c1-16-6-10-20(11-7-16)9-3-13-24-19-5-4-18-15-21(25(2,22)23)12-8-17(18)14-19/h4-5,14H,1,3,6-13,15H2,2H3. The van der Waals surface area contributed by atoms with Crippen LogP contribution in [0.4, 0.5) is 0 Å². The molecule has 3 rings (SSSR count). The lowest BCUT2D eigenvalue weighted by Gasteiger charge is -2.28. The molecule has 0 N–H and O–H groups in total. The smallest absolute Gasteiger partial charge is 0.211 e. The second-order valence-corrected chi connectivity index (χ2v) is 9.05. The number of hydrogen-bond donors (Lipinski definition) is 0. The minimum Gasteiger partial charge on any atom is -0.494 e. The van der Waals surface area contributed by atoms with E-state index in [1.165, 1.54) is 21.7 Å². The first-order valence-corrected chi connectivity index (χ1v) is 10.9. The van der Waals surface area contributed by atoms with Crippen LogP contribution in [0, 0.1) is 0 Å². The number of hydrogen-bond acceptors (Lipinski definition) is 4. The Bertz CT molecular complexity index is 720. The number of fused-ring (bicyclic) bond motifs is 1. The molecule has 0 spiro atoms. The van der Waals surface area contributed by atoms with E-state index in [2.05, 4.69) is 17.5 Å². The van der Waals surface area contributed by atoms with E-state index in [1.807, 2.05) is 12.1 Å². The molecule has 0 atom stereocenters. The molecule has 6 heteroatoms. The first-order chi connectivity index (χ1) is 11.9. The van der Waals surface area contributed by atoms with Gasteiger partial charge in [-0.05, 0) is 48.9 Å². The maximum Gasteiger partial charge on any atom is 0.211 e. The van der Waals surface area contributed by atoms with E-state index in [4.69, 9.17) is 4.74 Å². The summed E-state index contributed by atoms with van der Waals surface area (Å²) in [7, 11) is -3.12. The summed E-state index contributed by atoms with van der Waals surface area (Å²) in [6, 6.07) is 6.02. The van der Waals surface area contributed by atoms with Crippen LogP contribution in [0.3, 0.4) is 0 Å². The Morgan fingerprint density at radius 3 is 2.60 bits per heavy atom. The van der Waals surface area contributed by atoms with Crippen LogP contribution < -0.4 is 4.74 Å². The summed E-state index contributed by atoms with van der Waals surface area (Å²) < 4.78 is 30.8. The second kappa shape index (κ2) is 7.89. The van der Waals surface area contributed by atoms with Gasteiger partial charge in [-0.1, -0.05) is 18.2 Å². The molecule has 0 amide bonds. The van der Waals surface area contributed by atoms with E-state index < -0.39 is 10.0 Å². The average Bonchev–Trinajstić information content (AvgIpc) is 2.59. The van der Waals surface area contributed by atoms with E-state index >= 15 is 0 Å². The van der Waals surface area contributed by atoms with Crippen molar-refractivity contribution >= 4 is 10.0 Å². The highest BCUT2D eigenvalue weighted by atomic mass is 32.2. The highest BCUT2D eigenvalue weighted by Gasteiger charge is 2.23. The molecule has 0 aromatic heterocycles. The molecular weight excluding hydrogens is 336 g/mol. The van der Waals surface area contributed by atoms with E-state index in [-0.39, 0.29) is 0 Å². The van der Waals surface area contributed by atoms with Gasteiger partial charge in [0, 0.05) is 32.7 Å². The maximum atomic E-state index is 11.7. The van der Waals surface area contributed by atoms with Crippen molar-refractivity contribution in [3.05, 3.63) is 41.5 Å². The van der Waals surface area contributed by atoms with Crippen molar-refractivity contribution in [3.8, 4) is 5.75 Å². The molecule has 0 saturated carbocycles. The van der Waals surface area contributed by atoms with Crippen molar-refractivity contribution in [2.75, 3.05) is 39.0 Å². The molecule has 0 aliphatic carbocycles. The molecule has 1 aromatic carbocycles. The average molecular weight is 365 g/mol. The van der Waals surface area contributed by atoms with Crippen LogP contribution in [-0.2, 0) is 23.0 Å². The van der Waals surface area contributed by atoms with E-state index in [0.717, 1.165) is 56.6 Å². The highest BCUT2D eigenvalue weighted by Crippen LogP contribution is 2.25. The molecule has 5 nitrogen and oxygen atoms in total. The molecule has 0 bridgehead atoms. The Morgan fingerprint density at radius 2 is 1.88 bits per heavy atom. The molecule has 25 heavy (non-hydrogen) atoms. The van der Waals surface area contributed by atoms with Crippen molar-refractivity contribution in [3.63, 3.8) is 0 Å². The monoisotopic (exact) mass is 364 g/mol. The quantitative estimate of drug-likeness (QED) is 0.575. The van der Waals surface area contributed by atoms with Gasteiger partial charge in [0.1, 0.15) is 5.75 Å². The van der Waals surface area contributed by atoms with Gasteiger partial charge in [0.2, 0.25) is 10.0 Å². The first kappa shape index (κ1) is 18.4. The molecule has 2 aliphatic rings.